The summed E-state index contributed by atoms with van der Waals surface area (Å²) in [6.07, 6.45) is 0. The van der Waals surface area contributed by atoms with Crippen molar-refractivity contribution in [2.45, 2.75) is 13.8 Å². The van der Waals surface area contributed by atoms with Crippen LogP contribution in [0.5, 0.6) is 0 Å². The van der Waals surface area contributed by atoms with Gasteiger partial charge in [0.15, 0.2) is 0 Å². The van der Waals surface area contributed by atoms with E-state index in [-0.39, 0.29) is 18.1 Å². The molecule has 0 aromatic heterocycles. The van der Waals surface area contributed by atoms with E-state index in [1.54, 1.807) is 0 Å². The summed E-state index contributed by atoms with van der Waals surface area (Å²) in [5, 5.41) is 0. The number of ketones is 1. The van der Waals surface area contributed by atoms with E-state index in [0.29, 0.717) is 0 Å². The van der Waals surface area contributed by atoms with Crippen molar-refractivity contribution in [2.24, 2.45) is 0 Å². The zero-order valence-electron chi connectivity index (χ0n) is 6.95. The molecule has 0 spiro atoms. The second-order valence-corrected chi connectivity index (χ2v) is 2.13. The number of hydrogen-bond acceptors (Lipinski definition) is 5. The van der Waals surface area contributed by atoms with Gasteiger partial charge in [-0.25, -0.2) is 0 Å². The summed E-state index contributed by atoms with van der Waals surface area (Å²) in [5.41, 5.74) is 0. The topological polar surface area (TPSA) is 170 Å². The van der Waals surface area contributed by atoms with Gasteiger partial charge in [0.25, 0.3) is 0 Å². The normalized spacial score (nSPS) is 7.64. The van der Waals surface area contributed by atoms with Crippen molar-refractivity contribution >= 4 is 16.2 Å². The SMILES string of the molecule is CC(C)=O.O=S(=O)([O-])[O-].[NH4+].[NH4+]. The molecular weight excluding hydrogens is 176 g/mol. The van der Waals surface area contributed by atoms with Gasteiger partial charge in [-0.3, -0.25) is 8.42 Å². The Morgan fingerprint density at radius 2 is 1.09 bits per heavy atom. The Kier molecular flexibility index (Phi) is 19.3. The van der Waals surface area contributed by atoms with Gasteiger partial charge >= 0.3 is 0 Å². The van der Waals surface area contributed by atoms with Gasteiger partial charge in [-0.1, -0.05) is 0 Å². The molecule has 0 atom stereocenters. The van der Waals surface area contributed by atoms with Crippen molar-refractivity contribution in [1.29, 1.82) is 0 Å². The summed E-state index contributed by atoms with van der Waals surface area (Å²) < 4.78 is 34.1. The molecule has 0 aliphatic heterocycles. The highest BCUT2D eigenvalue weighted by Crippen LogP contribution is 1.57. The van der Waals surface area contributed by atoms with Crippen LogP contribution in [0.25, 0.3) is 0 Å². The maximum absolute atomic E-state index is 9.44. The molecule has 0 saturated carbocycles. The third-order valence-electron chi connectivity index (χ3n) is 0. The smallest absolute Gasteiger partial charge is 0.126 e. The van der Waals surface area contributed by atoms with E-state index in [1.807, 2.05) is 0 Å². The number of carbonyl (C=O) groups excluding carboxylic acids is 1. The molecule has 0 saturated heterocycles. The molecule has 0 aliphatic carbocycles. The summed E-state index contributed by atoms with van der Waals surface area (Å²) in [5.74, 6) is 0.167. The molecule has 0 heterocycles. The molecule has 0 aromatic rings. The van der Waals surface area contributed by atoms with Crippen LogP contribution in [0.1, 0.15) is 13.8 Å². The van der Waals surface area contributed by atoms with Crippen LogP contribution in [-0.2, 0) is 15.2 Å². The quantitative estimate of drug-likeness (QED) is 0.403. The van der Waals surface area contributed by atoms with Crippen molar-refractivity contribution < 1.29 is 22.3 Å². The number of rotatable bonds is 0. The van der Waals surface area contributed by atoms with Crippen LogP contribution < -0.4 is 12.3 Å². The largest absolute Gasteiger partial charge is 0.759 e. The Morgan fingerprint density at radius 3 is 1.09 bits per heavy atom. The molecular formula is C3H14N2O5S. The number of Topliss-reactive ketones (excluding diaryl/α,β-unsaturated/α-hetero) is 1. The summed E-state index contributed by atoms with van der Waals surface area (Å²) in [6.45, 7) is 3.06. The maximum atomic E-state index is 9.44. The lowest BCUT2D eigenvalue weighted by Crippen LogP contribution is -1.91. The molecule has 0 aliphatic rings. The molecule has 0 radical (unpaired) electrons. The van der Waals surface area contributed by atoms with Gasteiger partial charge < -0.3 is 26.2 Å². The first-order valence-electron chi connectivity index (χ1n) is 1.87. The van der Waals surface area contributed by atoms with E-state index >= 15 is 0 Å². The van der Waals surface area contributed by atoms with Crippen molar-refractivity contribution in [3.63, 3.8) is 0 Å². The molecule has 0 fully saturated rings. The van der Waals surface area contributed by atoms with Crippen molar-refractivity contribution in [3.8, 4) is 0 Å². The van der Waals surface area contributed by atoms with Crippen LogP contribution in [0.3, 0.4) is 0 Å². The Labute approximate surface area is 65.5 Å². The molecule has 8 N–H and O–H groups in total. The van der Waals surface area contributed by atoms with Crippen LogP contribution in [0.15, 0.2) is 0 Å². The van der Waals surface area contributed by atoms with Crippen LogP contribution in [0, 0.1) is 0 Å². The van der Waals surface area contributed by atoms with E-state index in [4.69, 9.17) is 17.5 Å². The summed E-state index contributed by atoms with van der Waals surface area (Å²) in [7, 11) is -5.17. The van der Waals surface area contributed by atoms with E-state index in [0.717, 1.165) is 0 Å². The summed E-state index contributed by atoms with van der Waals surface area (Å²) >= 11 is 0. The molecule has 72 valence electrons. The second kappa shape index (κ2) is 9.46. The van der Waals surface area contributed by atoms with Gasteiger partial charge in [0, 0.05) is 10.4 Å². The fraction of sp³-hybridized carbons (Fsp3) is 0.667. The Bertz CT molecular complexity index is 162. The van der Waals surface area contributed by atoms with Crippen molar-refractivity contribution in [2.75, 3.05) is 0 Å². The highest BCUT2D eigenvalue weighted by Gasteiger charge is 1.62. The molecule has 8 heteroatoms. The van der Waals surface area contributed by atoms with Crippen molar-refractivity contribution in [3.05, 3.63) is 0 Å². The van der Waals surface area contributed by atoms with Gasteiger partial charge in [-0.2, -0.15) is 0 Å². The fourth-order valence-electron chi connectivity index (χ4n) is 0. The first kappa shape index (κ1) is 22.4. The minimum Gasteiger partial charge on any atom is -0.759 e. The highest BCUT2D eigenvalue weighted by molar-refractivity contribution is 7.79. The average Bonchev–Trinajstić information content (AvgIpc) is 1.19. The summed E-state index contributed by atoms with van der Waals surface area (Å²) in [6, 6.07) is 0. The summed E-state index contributed by atoms with van der Waals surface area (Å²) in [4.78, 5) is 9.44. The van der Waals surface area contributed by atoms with E-state index < -0.39 is 10.4 Å². The van der Waals surface area contributed by atoms with Gasteiger partial charge in [-0.05, 0) is 13.8 Å². The van der Waals surface area contributed by atoms with E-state index in [2.05, 4.69) is 0 Å². The van der Waals surface area contributed by atoms with Gasteiger partial charge in [0.1, 0.15) is 5.78 Å². The highest BCUT2D eigenvalue weighted by atomic mass is 32.3. The van der Waals surface area contributed by atoms with Gasteiger partial charge in [0.2, 0.25) is 0 Å². The zero-order chi connectivity index (χ0) is 8.08. The Morgan fingerprint density at radius 1 is 1.09 bits per heavy atom. The Balaban J connectivity index is -0.0000000383. The number of hydrogen-bond donors (Lipinski definition) is 2. The number of carbonyl (C=O) groups is 1. The minimum absolute atomic E-state index is 0. The first-order valence-corrected chi connectivity index (χ1v) is 3.20. The lowest BCUT2D eigenvalue weighted by Gasteiger charge is -2.06. The van der Waals surface area contributed by atoms with Crippen LogP contribution in [0.2, 0.25) is 0 Å². The van der Waals surface area contributed by atoms with Crippen LogP contribution in [-0.4, -0.2) is 23.3 Å². The zero-order valence-corrected chi connectivity index (χ0v) is 7.77. The predicted molar refractivity (Wildman–Crippen MR) is 38.8 cm³/mol. The third kappa shape index (κ3) is 1810. The molecule has 0 rings (SSSR count). The molecule has 0 aromatic carbocycles. The second-order valence-electron chi connectivity index (χ2n) is 1.32. The fourth-order valence-corrected chi connectivity index (χ4v) is 0. The standard InChI is InChI=1S/C3H6O.2H3N.H2O4S/c1-3(2)4;;;1-5(2,3)4/h1-2H3;2*1H3;(H2,1,2,3,4). The molecule has 0 bridgehead atoms. The van der Waals surface area contributed by atoms with Crippen LogP contribution in [0.4, 0.5) is 0 Å². The maximum Gasteiger partial charge on any atom is 0.126 e. The average molecular weight is 190 g/mol. The predicted octanol–water partition coefficient (Wildman–Crippen LogP) is 0.00970. The first-order chi connectivity index (χ1) is 3.73. The van der Waals surface area contributed by atoms with Gasteiger partial charge in [0.05, 0.1) is 0 Å². The molecule has 7 nitrogen and oxygen atoms in total. The third-order valence-corrected chi connectivity index (χ3v) is 0. The Hall–Kier alpha value is -0.540. The van der Waals surface area contributed by atoms with Crippen molar-refractivity contribution in [1.82, 2.24) is 12.3 Å². The van der Waals surface area contributed by atoms with E-state index in [1.165, 1.54) is 13.8 Å². The molecule has 0 unspecified atom stereocenters. The van der Waals surface area contributed by atoms with E-state index in [9.17, 15) is 4.79 Å². The lowest BCUT2D eigenvalue weighted by molar-refractivity contribution is -0.114. The van der Waals surface area contributed by atoms with Gasteiger partial charge in [-0.15, -0.1) is 0 Å². The number of quaternary nitrogens is 2. The lowest BCUT2D eigenvalue weighted by atomic mass is 10.6. The minimum atomic E-state index is -5.17. The molecule has 11 heavy (non-hydrogen) atoms. The van der Waals surface area contributed by atoms with Crippen LogP contribution >= 0.6 is 0 Å². The molecule has 0 amide bonds. The monoisotopic (exact) mass is 190 g/mol.